The van der Waals surface area contributed by atoms with Crippen molar-refractivity contribution in [3.8, 4) is 11.3 Å². The van der Waals surface area contributed by atoms with Gasteiger partial charge in [-0.1, -0.05) is 0 Å². The molecular formula is C17H15N5O4. The number of rotatable bonds is 5. The van der Waals surface area contributed by atoms with Crippen LogP contribution in [-0.2, 0) is 7.05 Å². The summed E-state index contributed by atoms with van der Waals surface area (Å²) in [6.45, 7) is 0. The third-order valence-corrected chi connectivity index (χ3v) is 3.68. The van der Waals surface area contributed by atoms with E-state index in [2.05, 4.69) is 10.1 Å². The lowest BCUT2D eigenvalue weighted by atomic mass is 10.1. The normalized spacial score (nSPS) is 11.0. The molecule has 0 saturated heterocycles. The fourth-order valence-electron chi connectivity index (χ4n) is 2.25. The minimum atomic E-state index is -0.459. The minimum Gasteiger partial charge on any atom is -0.455 e. The molecule has 0 N–H and O–H groups in total. The SMILES string of the molecule is CN(/N=C/c1ccc(-c2ccc([N+](=O)[O-])cc2)o1)C(=O)c1cncn1C. The topological polar surface area (TPSA) is 107 Å². The van der Waals surface area contributed by atoms with E-state index in [0.717, 1.165) is 0 Å². The quantitative estimate of drug-likeness (QED) is 0.398. The van der Waals surface area contributed by atoms with Crippen molar-refractivity contribution in [2.45, 2.75) is 0 Å². The summed E-state index contributed by atoms with van der Waals surface area (Å²) >= 11 is 0. The van der Waals surface area contributed by atoms with Crippen molar-refractivity contribution >= 4 is 17.8 Å². The Morgan fingerprint density at radius 1 is 1.31 bits per heavy atom. The maximum atomic E-state index is 12.2. The van der Waals surface area contributed by atoms with E-state index in [1.54, 1.807) is 35.9 Å². The molecule has 1 amide bonds. The van der Waals surface area contributed by atoms with Crippen LogP contribution < -0.4 is 0 Å². The van der Waals surface area contributed by atoms with Gasteiger partial charge in [0.05, 0.1) is 23.7 Å². The van der Waals surface area contributed by atoms with Crippen LogP contribution >= 0.6 is 0 Å². The lowest BCUT2D eigenvalue weighted by Gasteiger charge is -2.10. The first-order valence-corrected chi connectivity index (χ1v) is 7.58. The molecule has 0 aliphatic rings. The van der Waals surface area contributed by atoms with Gasteiger partial charge in [0.1, 0.15) is 17.2 Å². The first-order valence-electron chi connectivity index (χ1n) is 7.58. The number of nitrogens with zero attached hydrogens (tertiary/aromatic N) is 5. The van der Waals surface area contributed by atoms with Crippen LogP contribution in [0.5, 0.6) is 0 Å². The lowest BCUT2D eigenvalue weighted by molar-refractivity contribution is -0.384. The van der Waals surface area contributed by atoms with E-state index in [9.17, 15) is 14.9 Å². The number of amides is 1. The number of carbonyl (C=O) groups excluding carboxylic acids is 1. The van der Waals surface area contributed by atoms with Gasteiger partial charge >= 0.3 is 0 Å². The molecule has 0 fully saturated rings. The smallest absolute Gasteiger partial charge is 0.291 e. The molecule has 9 nitrogen and oxygen atoms in total. The van der Waals surface area contributed by atoms with E-state index >= 15 is 0 Å². The molecule has 9 heteroatoms. The molecule has 26 heavy (non-hydrogen) atoms. The summed E-state index contributed by atoms with van der Waals surface area (Å²) in [6, 6.07) is 9.46. The van der Waals surface area contributed by atoms with Crippen LogP contribution in [0.1, 0.15) is 16.2 Å². The Morgan fingerprint density at radius 2 is 2.04 bits per heavy atom. The number of benzene rings is 1. The van der Waals surface area contributed by atoms with Crippen molar-refractivity contribution in [2.75, 3.05) is 7.05 Å². The summed E-state index contributed by atoms with van der Waals surface area (Å²) < 4.78 is 7.25. The number of hydrogen-bond acceptors (Lipinski definition) is 6. The summed E-state index contributed by atoms with van der Waals surface area (Å²) in [5.74, 6) is 0.688. The summed E-state index contributed by atoms with van der Waals surface area (Å²) in [7, 11) is 3.26. The zero-order valence-electron chi connectivity index (χ0n) is 14.1. The minimum absolute atomic E-state index is 0.0115. The highest BCUT2D eigenvalue weighted by Crippen LogP contribution is 2.24. The van der Waals surface area contributed by atoms with Crippen LogP contribution in [0, 0.1) is 10.1 Å². The van der Waals surface area contributed by atoms with Crippen molar-refractivity contribution in [1.82, 2.24) is 14.6 Å². The van der Waals surface area contributed by atoms with Gasteiger partial charge in [-0.2, -0.15) is 5.10 Å². The predicted molar refractivity (Wildman–Crippen MR) is 93.7 cm³/mol. The Morgan fingerprint density at radius 3 is 2.65 bits per heavy atom. The first kappa shape index (κ1) is 17.1. The van der Waals surface area contributed by atoms with Crippen LogP contribution in [0.2, 0.25) is 0 Å². The summed E-state index contributed by atoms with van der Waals surface area (Å²) in [4.78, 5) is 26.4. The fraction of sp³-hybridized carbons (Fsp3) is 0.118. The number of nitro benzene ring substituents is 1. The van der Waals surface area contributed by atoms with E-state index in [0.29, 0.717) is 22.8 Å². The molecule has 0 spiro atoms. The molecule has 2 heterocycles. The molecule has 0 aliphatic heterocycles. The molecule has 3 aromatic rings. The summed E-state index contributed by atoms with van der Waals surface area (Å²) in [6.07, 6.45) is 4.42. The number of hydrogen-bond donors (Lipinski definition) is 0. The lowest BCUT2D eigenvalue weighted by Crippen LogP contribution is -2.23. The van der Waals surface area contributed by atoms with Crippen LogP contribution in [-0.4, -0.2) is 38.7 Å². The number of nitro groups is 1. The monoisotopic (exact) mass is 353 g/mol. The molecule has 0 atom stereocenters. The maximum Gasteiger partial charge on any atom is 0.291 e. The third-order valence-electron chi connectivity index (χ3n) is 3.68. The van der Waals surface area contributed by atoms with E-state index < -0.39 is 4.92 Å². The van der Waals surface area contributed by atoms with Crippen molar-refractivity contribution in [1.29, 1.82) is 0 Å². The summed E-state index contributed by atoms with van der Waals surface area (Å²) in [5.41, 5.74) is 1.13. The Hall–Kier alpha value is -3.75. The van der Waals surface area contributed by atoms with E-state index in [1.807, 2.05) is 0 Å². The first-order chi connectivity index (χ1) is 12.5. The fourth-order valence-corrected chi connectivity index (χ4v) is 2.25. The number of aromatic nitrogens is 2. The highest BCUT2D eigenvalue weighted by Gasteiger charge is 2.14. The van der Waals surface area contributed by atoms with Crippen LogP contribution in [0.4, 0.5) is 5.69 Å². The maximum absolute atomic E-state index is 12.2. The molecule has 0 aliphatic carbocycles. The highest BCUT2D eigenvalue weighted by atomic mass is 16.6. The van der Waals surface area contributed by atoms with E-state index in [-0.39, 0.29) is 11.6 Å². The zero-order valence-corrected chi connectivity index (χ0v) is 14.1. The number of imidazole rings is 1. The molecular weight excluding hydrogens is 338 g/mol. The zero-order chi connectivity index (χ0) is 18.7. The molecule has 1 aromatic carbocycles. The molecule has 132 valence electrons. The number of aryl methyl sites for hydroxylation is 1. The van der Waals surface area contributed by atoms with Gasteiger partial charge < -0.3 is 8.98 Å². The van der Waals surface area contributed by atoms with Crippen LogP contribution in [0.3, 0.4) is 0 Å². The molecule has 0 unspecified atom stereocenters. The Balaban J connectivity index is 1.71. The number of carbonyl (C=O) groups is 1. The second-order valence-electron chi connectivity index (χ2n) is 5.47. The summed E-state index contributed by atoms with van der Waals surface area (Å²) in [5, 5.41) is 15.9. The van der Waals surface area contributed by atoms with Crippen molar-refractivity contribution < 1.29 is 14.1 Å². The van der Waals surface area contributed by atoms with Gasteiger partial charge in [0, 0.05) is 31.8 Å². The van der Waals surface area contributed by atoms with Crippen molar-refractivity contribution in [3.05, 3.63) is 70.5 Å². The average Bonchev–Trinajstić information content (AvgIpc) is 3.28. The van der Waals surface area contributed by atoms with Gasteiger partial charge in [-0.3, -0.25) is 14.9 Å². The van der Waals surface area contributed by atoms with E-state index in [4.69, 9.17) is 4.42 Å². The standard InChI is InChI=1S/C17H15N5O4/c1-20-11-18-10-15(20)17(23)21(2)19-9-14-7-8-16(26-14)12-3-5-13(6-4-12)22(24)25/h3-11H,1-2H3/b19-9+. The van der Waals surface area contributed by atoms with Crippen molar-refractivity contribution in [3.63, 3.8) is 0 Å². The number of furan rings is 1. The average molecular weight is 353 g/mol. The molecule has 0 radical (unpaired) electrons. The van der Waals surface area contributed by atoms with Crippen molar-refractivity contribution in [2.24, 2.45) is 12.1 Å². The second-order valence-corrected chi connectivity index (χ2v) is 5.47. The van der Waals surface area contributed by atoms with Crippen LogP contribution in [0.25, 0.3) is 11.3 Å². The van der Waals surface area contributed by atoms with E-state index in [1.165, 1.54) is 42.9 Å². The highest BCUT2D eigenvalue weighted by molar-refractivity contribution is 5.92. The van der Waals surface area contributed by atoms with Gasteiger partial charge in [0.2, 0.25) is 0 Å². The third kappa shape index (κ3) is 3.51. The predicted octanol–water partition coefficient (Wildman–Crippen LogP) is 2.69. The van der Waals surface area contributed by atoms with Gasteiger partial charge in [-0.05, 0) is 24.3 Å². The second kappa shape index (κ2) is 7.01. The van der Waals surface area contributed by atoms with Gasteiger partial charge in [-0.25, -0.2) is 9.99 Å². The Kier molecular flexibility index (Phi) is 4.61. The van der Waals surface area contributed by atoms with Gasteiger partial charge in [-0.15, -0.1) is 0 Å². The number of non-ortho nitro benzene ring substituents is 1. The molecule has 0 bridgehead atoms. The Bertz CT molecular complexity index is 971. The number of hydrazone groups is 1. The van der Waals surface area contributed by atoms with Crippen LogP contribution in [0.15, 0.2) is 58.4 Å². The molecule has 3 rings (SSSR count). The Labute approximate surface area is 148 Å². The van der Waals surface area contributed by atoms with Gasteiger partial charge in [0.15, 0.2) is 0 Å². The largest absolute Gasteiger partial charge is 0.455 e. The van der Waals surface area contributed by atoms with Gasteiger partial charge in [0.25, 0.3) is 11.6 Å². The molecule has 0 saturated carbocycles. The molecule has 2 aromatic heterocycles.